The number of nitrogens with one attached hydrogen (secondary N) is 1. The molecule has 0 aromatic carbocycles. The standard InChI is InChI=1S/C10H14F3NO5S/c11-10(12,13)5-14-7(15)4-20(18,19)6-9(1-2-9)3-8(16)17/h1-6H2,(H,14,15)(H,16,17). The minimum atomic E-state index is -4.61. The molecule has 1 saturated carbocycles. The fourth-order valence-corrected chi connectivity index (χ4v) is 3.76. The van der Waals surface area contributed by atoms with Gasteiger partial charge in [-0.3, -0.25) is 9.59 Å². The van der Waals surface area contributed by atoms with E-state index in [9.17, 15) is 31.2 Å². The van der Waals surface area contributed by atoms with Crippen molar-refractivity contribution in [1.82, 2.24) is 5.32 Å². The van der Waals surface area contributed by atoms with Crippen molar-refractivity contribution in [3.63, 3.8) is 0 Å². The third kappa shape index (κ3) is 6.22. The summed E-state index contributed by atoms with van der Waals surface area (Å²) in [6.45, 7) is -1.60. The normalized spacial score (nSPS) is 17.6. The molecule has 0 spiro atoms. The number of aliphatic carboxylic acids is 1. The first-order valence-corrected chi connectivity index (χ1v) is 7.51. The molecule has 0 bridgehead atoms. The largest absolute Gasteiger partial charge is 0.481 e. The molecule has 116 valence electrons. The predicted molar refractivity (Wildman–Crippen MR) is 61.6 cm³/mol. The molecule has 0 atom stereocenters. The van der Waals surface area contributed by atoms with Crippen LogP contribution in [0, 0.1) is 5.41 Å². The molecule has 2 N–H and O–H groups in total. The first-order chi connectivity index (χ1) is 8.93. The topological polar surface area (TPSA) is 101 Å². The van der Waals surface area contributed by atoms with Crippen LogP contribution in [-0.2, 0) is 19.4 Å². The average Bonchev–Trinajstić information content (AvgIpc) is 2.90. The van der Waals surface area contributed by atoms with Gasteiger partial charge in [0, 0.05) is 0 Å². The number of amides is 1. The monoisotopic (exact) mass is 317 g/mol. The van der Waals surface area contributed by atoms with Gasteiger partial charge in [-0.2, -0.15) is 13.2 Å². The smallest absolute Gasteiger partial charge is 0.405 e. The maximum absolute atomic E-state index is 11.8. The summed E-state index contributed by atoms with van der Waals surface area (Å²) in [5.74, 6) is -3.94. The minimum absolute atomic E-state index is 0.323. The molecule has 0 aromatic heterocycles. The maximum Gasteiger partial charge on any atom is 0.405 e. The van der Waals surface area contributed by atoms with E-state index in [2.05, 4.69) is 0 Å². The Morgan fingerprint density at radius 1 is 1.25 bits per heavy atom. The van der Waals surface area contributed by atoms with Gasteiger partial charge in [-0.1, -0.05) is 0 Å². The quantitative estimate of drug-likeness (QED) is 0.705. The molecule has 0 heterocycles. The molecule has 1 amide bonds. The van der Waals surface area contributed by atoms with Gasteiger partial charge in [-0.15, -0.1) is 0 Å². The maximum atomic E-state index is 11.8. The summed E-state index contributed by atoms with van der Waals surface area (Å²) in [5, 5.41) is 10.1. The van der Waals surface area contributed by atoms with Gasteiger partial charge in [-0.25, -0.2) is 8.42 Å². The van der Waals surface area contributed by atoms with Gasteiger partial charge in [0.2, 0.25) is 5.91 Å². The molecule has 1 aliphatic carbocycles. The third-order valence-electron chi connectivity index (χ3n) is 2.85. The second-order valence-electron chi connectivity index (χ2n) is 4.99. The molecule has 1 fully saturated rings. The van der Waals surface area contributed by atoms with Gasteiger partial charge >= 0.3 is 12.1 Å². The van der Waals surface area contributed by atoms with Crippen LogP contribution in [0.1, 0.15) is 19.3 Å². The Kier molecular flexibility index (Phi) is 4.67. The predicted octanol–water partition coefficient (Wildman–Crippen LogP) is 0.335. The zero-order valence-corrected chi connectivity index (χ0v) is 11.2. The van der Waals surface area contributed by atoms with E-state index in [0.29, 0.717) is 12.8 Å². The third-order valence-corrected chi connectivity index (χ3v) is 4.60. The molecule has 10 heteroatoms. The molecule has 0 saturated heterocycles. The van der Waals surface area contributed by atoms with Crippen molar-refractivity contribution in [3.05, 3.63) is 0 Å². The lowest BCUT2D eigenvalue weighted by Crippen LogP contribution is -2.38. The van der Waals surface area contributed by atoms with Gasteiger partial charge in [0.15, 0.2) is 9.84 Å². The SMILES string of the molecule is O=C(O)CC1(CS(=O)(=O)CC(=O)NCC(F)(F)F)CC1. The fourth-order valence-electron chi connectivity index (χ4n) is 1.84. The van der Waals surface area contributed by atoms with E-state index >= 15 is 0 Å². The summed E-state index contributed by atoms with van der Waals surface area (Å²) in [7, 11) is -3.93. The average molecular weight is 317 g/mol. The first kappa shape index (κ1) is 16.7. The summed E-state index contributed by atoms with van der Waals surface area (Å²) in [6.07, 6.45) is -4.09. The number of carboxylic acids is 1. The van der Waals surface area contributed by atoms with Crippen LogP contribution in [0.4, 0.5) is 13.2 Å². The summed E-state index contributed by atoms with van der Waals surface area (Å²) < 4.78 is 58.9. The van der Waals surface area contributed by atoms with E-state index in [0.717, 1.165) is 0 Å². The highest BCUT2D eigenvalue weighted by Gasteiger charge is 2.47. The molecular formula is C10H14F3NO5S. The van der Waals surface area contributed by atoms with Crippen molar-refractivity contribution in [2.24, 2.45) is 5.41 Å². The van der Waals surface area contributed by atoms with Gasteiger partial charge in [0.1, 0.15) is 12.3 Å². The molecule has 0 unspecified atom stereocenters. The number of alkyl halides is 3. The Bertz CT molecular complexity index is 496. The number of carbonyl (C=O) groups is 2. The highest BCUT2D eigenvalue weighted by Crippen LogP contribution is 2.49. The Labute approximate surface area is 113 Å². The molecule has 6 nitrogen and oxygen atoms in total. The Hall–Kier alpha value is -1.32. The lowest BCUT2D eigenvalue weighted by molar-refractivity contribution is -0.138. The number of carbonyl (C=O) groups excluding carboxylic acids is 1. The van der Waals surface area contributed by atoms with Crippen molar-refractivity contribution in [2.45, 2.75) is 25.4 Å². The minimum Gasteiger partial charge on any atom is -0.481 e. The lowest BCUT2D eigenvalue weighted by Gasteiger charge is -2.13. The summed E-state index contributed by atoms with van der Waals surface area (Å²) >= 11 is 0. The van der Waals surface area contributed by atoms with Crippen LogP contribution < -0.4 is 5.32 Å². The lowest BCUT2D eigenvalue weighted by atomic mass is 10.1. The van der Waals surface area contributed by atoms with E-state index in [4.69, 9.17) is 5.11 Å². The highest BCUT2D eigenvalue weighted by molar-refractivity contribution is 7.92. The highest BCUT2D eigenvalue weighted by atomic mass is 32.2. The van der Waals surface area contributed by atoms with Crippen LogP contribution in [0.25, 0.3) is 0 Å². The zero-order valence-electron chi connectivity index (χ0n) is 10.4. The van der Waals surface area contributed by atoms with Crippen molar-refractivity contribution in [1.29, 1.82) is 0 Å². The Balaban J connectivity index is 2.50. The molecule has 20 heavy (non-hydrogen) atoms. The van der Waals surface area contributed by atoms with E-state index in [1.54, 1.807) is 0 Å². The van der Waals surface area contributed by atoms with Crippen molar-refractivity contribution < 1.29 is 36.3 Å². The van der Waals surface area contributed by atoms with E-state index in [1.165, 1.54) is 5.32 Å². The van der Waals surface area contributed by atoms with E-state index in [1.807, 2.05) is 0 Å². The van der Waals surface area contributed by atoms with Crippen LogP contribution in [-0.4, -0.2) is 49.6 Å². The van der Waals surface area contributed by atoms with Crippen LogP contribution in [0.5, 0.6) is 0 Å². The molecule has 0 aliphatic heterocycles. The number of hydrogen-bond donors (Lipinski definition) is 2. The molecule has 1 aliphatic rings. The van der Waals surface area contributed by atoms with Crippen molar-refractivity contribution >= 4 is 21.7 Å². The number of halogens is 3. The Morgan fingerprint density at radius 3 is 2.20 bits per heavy atom. The van der Waals surface area contributed by atoms with Crippen molar-refractivity contribution in [3.8, 4) is 0 Å². The summed E-state index contributed by atoms with van der Waals surface area (Å²) in [4.78, 5) is 21.7. The van der Waals surface area contributed by atoms with Gasteiger partial charge in [-0.05, 0) is 18.3 Å². The first-order valence-electron chi connectivity index (χ1n) is 5.69. The molecule has 0 radical (unpaired) electrons. The number of hydrogen-bond acceptors (Lipinski definition) is 4. The molecular weight excluding hydrogens is 303 g/mol. The second kappa shape index (κ2) is 5.58. The second-order valence-corrected chi connectivity index (χ2v) is 7.06. The number of rotatable bonds is 7. The molecule has 0 aromatic rings. The van der Waals surface area contributed by atoms with Gasteiger partial charge in [0.05, 0.1) is 12.2 Å². The van der Waals surface area contributed by atoms with Gasteiger partial charge < -0.3 is 10.4 Å². The number of sulfone groups is 1. The van der Waals surface area contributed by atoms with Crippen LogP contribution in [0.2, 0.25) is 0 Å². The van der Waals surface area contributed by atoms with Crippen LogP contribution in [0.15, 0.2) is 0 Å². The van der Waals surface area contributed by atoms with Gasteiger partial charge in [0.25, 0.3) is 0 Å². The van der Waals surface area contributed by atoms with Crippen LogP contribution >= 0.6 is 0 Å². The summed E-state index contributed by atoms with van der Waals surface area (Å²) in [5.41, 5.74) is -0.866. The number of carboxylic acid groups (broad SMARTS) is 1. The Morgan fingerprint density at radius 2 is 1.80 bits per heavy atom. The van der Waals surface area contributed by atoms with Crippen LogP contribution in [0.3, 0.4) is 0 Å². The molecule has 1 rings (SSSR count). The zero-order chi connectivity index (χ0) is 15.6. The van der Waals surface area contributed by atoms with E-state index in [-0.39, 0.29) is 6.42 Å². The van der Waals surface area contributed by atoms with Crippen molar-refractivity contribution in [2.75, 3.05) is 18.1 Å². The van der Waals surface area contributed by atoms with E-state index < -0.39 is 51.4 Å². The fraction of sp³-hybridized carbons (Fsp3) is 0.800. The summed E-state index contributed by atoms with van der Waals surface area (Å²) in [6, 6.07) is 0.